The number of thiol groups is 2. The highest BCUT2D eigenvalue weighted by Crippen LogP contribution is 2.60. The maximum atomic E-state index is 13.4. The topological polar surface area (TPSA) is 243 Å². The molecule has 7 rings (SSSR count). The van der Waals surface area contributed by atoms with E-state index in [9.17, 15) is 19.3 Å². The number of ether oxygens (including phenoxy) is 2. The van der Waals surface area contributed by atoms with Gasteiger partial charge in [0.05, 0.1) is 24.0 Å². The van der Waals surface area contributed by atoms with E-state index in [-0.39, 0.29) is 11.6 Å². The number of nitrogen functional groups attached to an aromatic ring is 2. The molecule has 0 saturated carbocycles. The van der Waals surface area contributed by atoms with Crippen LogP contribution in [0.1, 0.15) is 12.5 Å². The van der Waals surface area contributed by atoms with Crippen molar-refractivity contribution in [2.75, 3.05) is 24.7 Å². The molecule has 18 nitrogen and oxygen atoms in total. The van der Waals surface area contributed by atoms with Crippen LogP contribution in [0.5, 0.6) is 0 Å². The summed E-state index contributed by atoms with van der Waals surface area (Å²) >= 11 is 8.20. The van der Waals surface area contributed by atoms with Crippen LogP contribution in [0.3, 0.4) is 0 Å². The van der Waals surface area contributed by atoms with Gasteiger partial charge in [-0.15, -0.1) is 0 Å². The molecule has 0 radical (unpaired) electrons. The Morgan fingerprint density at radius 1 is 0.750 bits per heavy atom. The van der Waals surface area contributed by atoms with Crippen molar-refractivity contribution in [1.29, 1.82) is 0 Å². The number of rotatable bonds is 2. The number of nitrogens with two attached hydrogens (primary N) is 2. The molecule has 7 heterocycles. The predicted octanol–water partition coefficient (Wildman–Crippen LogP) is 1.45. The van der Waals surface area contributed by atoms with Gasteiger partial charge in [-0.2, -0.15) is 0 Å². The highest BCUT2D eigenvalue weighted by atomic mass is 32.7. The fraction of sp³-hybridized carbons (Fsp3) is 0.455. The third-order valence-electron chi connectivity index (χ3n) is 7.56. The number of aliphatic hydroxyl groups excluding tert-OH is 2. The van der Waals surface area contributed by atoms with Gasteiger partial charge in [-0.25, -0.2) is 29.1 Å². The summed E-state index contributed by atoms with van der Waals surface area (Å²) in [5, 5.41) is 23.6. The first-order valence-corrected chi connectivity index (χ1v) is 18.4. The summed E-state index contributed by atoms with van der Waals surface area (Å²) < 4.78 is 64.3. The largest absolute Gasteiger partial charge is 0.386 e. The van der Waals surface area contributed by atoms with Crippen LogP contribution in [-0.4, -0.2) is 89.1 Å². The summed E-state index contributed by atoms with van der Waals surface area (Å²) in [6, 6.07) is 3.28. The van der Waals surface area contributed by atoms with Crippen LogP contribution in [-0.2, 0) is 36.7 Å². The molecule has 3 fully saturated rings. The SMILES string of the molecule is Nc1ncnc2c1ccn2[C@@H]1O[C@@H]2CO[P@@](=O)(S)O[C@H]3[C@@H](O)[C@H](n4ccc5c(N)ncnc54)O[C@@H]3CO[P@@](=O)(S)O[C@H]2[C@H]1O. The zero-order valence-corrected chi connectivity index (χ0v) is 25.9. The molecule has 0 bridgehead atoms. The molecule has 22 heteroatoms. The molecule has 0 amide bonds. The van der Waals surface area contributed by atoms with Gasteiger partial charge in [0.25, 0.3) is 0 Å². The third kappa shape index (κ3) is 5.32. The van der Waals surface area contributed by atoms with Crippen molar-refractivity contribution in [2.24, 2.45) is 0 Å². The minimum absolute atomic E-state index is 0.216. The van der Waals surface area contributed by atoms with Gasteiger partial charge < -0.3 is 40.3 Å². The molecule has 0 unspecified atom stereocenters. The molecule has 3 saturated heterocycles. The number of aliphatic hydroxyl groups is 2. The quantitative estimate of drug-likeness (QED) is 0.129. The third-order valence-corrected chi connectivity index (χ3v) is 10.8. The smallest absolute Gasteiger partial charge is 0.386 e. The fourth-order valence-electron chi connectivity index (χ4n) is 5.52. The minimum Gasteiger partial charge on any atom is -0.386 e. The molecule has 0 spiro atoms. The van der Waals surface area contributed by atoms with E-state index in [0.717, 1.165) is 0 Å². The van der Waals surface area contributed by atoms with Crippen molar-refractivity contribution in [1.82, 2.24) is 29.1 Å². The van der Waals surface area contributed by atoms with E-state index >= 15 is 0 Å². The van der Waals surface area contributed by atoms with Crippen LogP contribution in [0, 0.1) is 0 Å². The monoisotopic (exact) mass is 688 g/mol. The number of hydrogen-bond acceptors (Lipinski definition) is 16. The molecule has 6 N–H and O–H groups in total. The predicted molar refractivity (Wildman–Crippen MR) is 159 cm³/mol. The van der Waals surface area contributed by atoms with E-state index in [2.05, 4.69) is 44.4 Å². The number of fused-ring (bicyclic) bond motifs is 4. The first-order valence-electron chi connectivity index (χ1n) is 13.0. The summed E-state index contributed by atoms with van der Waals surface area (Å²) in [7, 11) is 0. The molecule has 3 aliphatic heterocycles. The Balaban J connectivity index is 1.17. The van der Waals surface area contributed by atoms with Crippen molar-refractivity contribution in [3.8, 4) is 0 Å². The highest BCUT2D eigenvalue weighted by molar-refractivity contribution is 8.44. The summed E-state index contributed by atoms with van der Waals surface area (Å²) in [5.41, 5.74) is 12.6. The number of anilines is 2. The van der Waals surface area contributed by atoms with E-state index in [1.807, 2.05) is 0 Å². The Morgan fingerprint density at radius 2 is 1.16 bits per heavy atom. The van der Waals surface area contributed by atoms with Gasteiger partial charge in [0, 0.05) is 12.4 Å². The van der Waals surface area contributed by atoms with Gasteiger partial charge in [0.1, 0.15) is 72.2 Å². The van der Waals surface area contributed by atoms with Crippen molar-refractivity contribution in [3.63, 3.8) is 0 Å². The van der Waals surface area contributed by atoms with Gasteiger partial charge in [0.15, 0.2) is 12.5 Å². The van der Waals surface area contributed by atoms with Crippen LogP contribution in [0.2, 0.25) is 0 Å². The second-order valence-corrected chi connectivity index (χ2v) is 16.0. The summed E-state index contributed by atoms with van der Waals surface area (Å²) in [4.78, 5) is 16.3. The summed E-state index contributed by atoms with van der Waals surface area (Å²) in [6.45, 7) is -9.48. The molecule has 0 aliphatic carbocycles. The molecule has 3 aliphatic rings. The molecule has 0 aromatic carbocycles. The Labute approximate surface area is 258 Å². The maximum Gasteiger partial charge on any atom is 0.386 e. The molecule has 44 heavy (non-hydrogen) atoms. The van der Waals surface area contributed by atoms with Gasteiger partial charge in [0.2, 0.25) is 0 Å². The zero-order chi connectivity index (χ0) is 31.0. The zero-order valence-electron chi connectivity index (χ0n) is 22.3. The average molecular weight is 689 g/mol. The van der Waals surface area contributed by atoms with Crippen LogP contribution in [0.25, 0.3) is 22.1 Å². The van der Waals surface area contributed by atoms with Gasteiger partial charge in [-0.1, -0.05) is 24.5 Å². The fourth-order valence-corrected chi connectivity index (χ4v) is 8.50. The number of hydrogen-bond donors (Lipinski definition) is 6. The van der Waals surface area contributed by atoms with Gasteiger partial charge >= 0.3 is 13.6 Å². The minimum atomic E-state index is -4.24. The van der Waals surface area contributed by atoms with E-state index in [0.29, 0.717) is 22.1 Å². The van der Waals surface area contributed by atoms with E-state index in [1.54, 1.807) is 24.5 Å². The average Bonchev–Trinajstić information content (AvgIpc) is 3.73. The van der Waals surface area contributed by atoms with Crippen LogP contribution < -0.4 is 11.5 Å². The molecule has 4 aromatic heterocycles. The first kappa shape index (κ1) is 30.3. The lowest BCUT2D eigenvalue weighted by molar-refractivity contribution is -0.0559. The van der Waals surface area contributed by atoms with E-state index in [1.165, 1.54) is 21.8 Å². The Morgan fingerprint density at radius 3 is 1.57 bits per heavy atom. The van der Waals surface area contributed by atoms with E-state index in [4.69, 9.17) is 39.0 Å². The maximum absolute atomic E-state index is 13.4. The lowest BCUT2D eigenvalue weighted by atomic mass is 10.1. The number of nitrogens with zero attached hydrogens (tertiary/aromatic N) is 6. The highest BCUT2D eigenvalue weighted by Gasteiger charge is 2.53. The normalized spacial score (nSPS) is 38.3. The molecule has 10 atom stereocenters. The van der Waals surface area contributed by atoms with Crippen molar-refractivity contribution >= 4 is 71.8 Å². The van der Waals surface area contributed by atoms with Crippen molar-refractivity contribution in [3.05, 3.63) is 37.2 Å². The summed E-state index contributed by atoms with van der Waals surface area (Å²) in [5.74, 6) is 0.432. The molecule has 4 aromatic rings. The van der Waals surface area contributed by atoms with Crippen LogP contribution in [0.4, 0.5) is 11.6 Å². The summed E-state index contributed by atoms with van der Waals surface area (Å²) in [6.07, 6.45) is -4.52. The Bertz CT molecular complexity index is 1700. The first-order chi connectivity index (χ1) is 20.9. The molecule has 236 valence electrons. The second kappa shape index (κ2) is 11.2. The lowest BCUT2D eigenvalue weighted by Crippen LogP contribution is -2.38. The number of aromatic nitrogens is 6. The lowest BCUT2D eigenvalue weighted by Gasteiger charge is -2.28. The van der Waals surface area contributed by atoms with Crippen molar-refractivity contribution in [2.45, 2.75) is 49.1 Å². The van der Waals surface area contributed by atoms with Gasteiger partial charge in [-0.05, 0) is 12.1 Å². The standard InChI is InChI=1S/C22H26N8O10P2S2/c23-17-9-1-3-29(19(9)27-7-25-17)21-13(31)15-11(37-21)5-35-42(34,44)40-16-12(6-36-41(33,43)39-15)38-22(14(16)32)30-4-2-10-18(24)26-8-28-20(10)30/h1-4,7-8,11-16,21-22,31-32H,5-6H2,(H,33,43)(H,34,44)(H2,23,25,27)(H2,24,26,28)/t11-,12-,13-,14-,15-,16-,21-,22-,41-,42-/m1/s1. The van der Waals surface area contributed by atoms with Crippen molar-refractivity contribution < 1.29 is 46.9 Å². The Kier molecular flexibility index (Phi) is 7.71. The van der Waals surface area contributed by atoms with E-state index < -0.39 is 75.9 Å². The van der Waals surface area contributed by atoms with Crippen LogP contribution >= 0.6 is 38.1 Å². The Hall–Kier alpha value is -2.32. The molecular formula is C22H26N8O10P2S2. The second-order valence-electron chi connectivity index (χ2n) is 10.2. The van der Waals surface area contributed by atoms with Gasteiger partial charge in [-0.3, -0.25) is 18.1 Å². The van der Waals surface area contributed by atoms with Crippen LogP contribution in [0.15, 0.2) is 37.2 Å². The molecular weight excluding hydrogens is 662 g/mol.